The lowest BCUT2D eigenvalue weighted by molar-refractivity contribution is -0.137. The average Bonchev–Trinajstić information content (AvgIpc) is 3.07. The van der Waals surface area contributed by atoms with E-state index in [1.54, 1.807) is 7.11 Å². The van der Waals surface area contributed by atoms with E-state index in [2.05, 4.69) is 6.92 Å². The summed E-state index contributed by atoms with van der Waals surface area (Å²) in [5.41, 5.74) is 1.80. The fourth-order valence-corrected chi connectivity index (χ4v) is 2.76. The van der Waals surface area contributed by atoms with E-state index in [0.717, 1.165) is 30.4 Å². The van der Waals surface area contributed by atoms with Gasteiger partial charge >= 0.3 is 5.97 Å². The quantitative estimate of drug-likeness (QED) is 0.890. The Morgan fingerprint density at radius 3 is 2.61 bits per heavy atom. The van der Waals surface area contributed by atoms with E-state index in [1.807, 2.05) is 12.1 Å². The van der Waals surface area contributed by atoms with Crippen LogP contribution in [-0.4, -0.2) is 18.2 Å². The lowest BCUT2D eigenvalue weighted by Crippen LogP contribution is -2.14. The number of methoxy groups -OCH3 is 1. The maximum absolute atomic E-state index is 11.0. The molecule has 98 valence electrons. The Morgan fingerprint density at radius 2 is 2.17 bits per heavy atom. The molecule has 1 saturated carbocycles. The van der Waals surface area contributed by atoms with Gasteiger partial charge in [-0.05, 0) is 30.9 Å². The smallest absolute Gasteiger partial charge is 0.304 e. The first-order valence-electron chi connectivity index (χ1n) is 6.11. The Balaban J connectivity index is 2.48. The van der Waals surface area contributed by atoms with Crippen molar-refractivity contribution in [2.45, 2.75) is 38.0 Å². The van der Waals surface area contributed by atoms with Gasteiger partial charge < -0.3 is 9.84 Å². The number of hydrogen-bond acceptors (Lipinski definition) is 2. The van der Waals surface area contributed by atoms with E-state index in [1.165, 1.54) is 0 Å². The molecule has 0 aromatic heterocycles. The molecule has 0 amide bonds. The van der Waals surface area contributed by atoms with Crippen LogP contribution < -0.4 is 4.74 Å². The topological polar surface area (TPSA) is 46.5 Å². The highest BCUT2D eigenvalue weighted by molar-refractivity contribution is 6.32. The number of hydrogen-bond donors (Lipinski definition) is 1. The molecule has 0 radical (unpaired) electrons. The highest BCUT2D eigenvalue weighted by Gasteiger charge is 2.48. The molecule has 0 spiro atoms. The lowest BCUT2D eigenvalue weighted by Gasteiger charge is -2.19. The minimum absolute atomic E-state index is 0.146. The second-order valence-corrected chi connectivity index (χ2v) is 5.27. The third-order valence-electron chi connectivity index (χ3n) is 3.63. The number of halogens is 1. The minimum atomic E-state index is -0.771. The summed E-state index contributed by atoms with van der Waals surface area (Å²) in [6.45, 7) is 2.05. The molecule has 1 fully saturated rings. The molecule has 2 rings (SSSR count). The maximum atomic E-state index is 11.0. The summed E-state index contributed by atoms with van der Waals surface area (Å²) in [5.74, 6) is -0.139. The molecule has 1 aliphatic carbocycles. The van der Waals surface area contributed by atoms with Gasteiger partial charge in [-0.25, -0.2) is 0 Å². The van der Waals surface area contributed by atoms with Crippen LogP contribution in [0.1, 0.15) is 37.3 Å². The molecule has 0 saturated heterocycles. The van der Waals surface area contributed by atoms with E-state index < -0.39 is 5.97 Å². The number of carboxylic acid groups (broad SMARTS) is 1. The highest BCUT2D eigenvalue weighted by atomic mass is 35.5. The number of benzene rings is 1. The van der Waals surface area contributed by atoms with Crippen molar-refractivity contribution in [1.82, 2.24) is 0 Å². The van der Waals surface area contributed by atoms with Gasteiger partial charge in [0, 0.05) is 11.0 Å². The zero-order valence-corrected chi connectivity index (χ0v) is 11.4. The molecule has 4 heteroatoms. The van der Waals surface area contributed by atoms with Gasteiger partial charge in [-0.15, -0.1) is 0 Å². The highest BCUT2D eigenvalue weighted by Crippen LogP contribution is 2.55. The van der Waals surface area contributed by atoms with Crippen LogP contribution in [0.5, 0.6) is 5.75 Å². The number of carbonyl (C=O) groups is 1. The van der Waals surface area contributed by atoms with Crippen molar-refractivity contribution < 1.29 is 14.6 Å². The number of ether oxygens (including phenoxy) is 1. The molecule has 0 bridgehead atoms. The van der Waals surface area contributed by atoms with E-state index >= 15 is 0 Å². The SMILES string of the molecule is CCc1cc(Cl)c(OC)c(C2(CC(=O)O)CC2)c1. The Bertz CT molecular complexity index is 478. The van der Waals surface area contributed by atoms with Gasteiger partial charge in [0.25, 0.3) is 0 Å². The van der Waals surface area contributed by atoms with E-state index in [-0.39, 0.29) is 11.8 Å². The minimum Gasteiger partial charge on any atom is -0.495 e. The number of rotatable bonds is 5. The van der Waals surface area contributed by atoms with E-state index in [9.17, 15) is 4.79 Å². The third-order valence-corrected chi connectivity index (χ3v) is 3.91. The Kier molecular flexibility index (Phi) is 3.53. The van der Waals surface area contributed by atoms with Gasteiger partial charge in [-0.3, -0.25) is 4.79 Å². The van der Waals surface area contributed by atoms with Gasteiger partial charge in [0.1, 0.15) is 5.75 Å². The second kappa shape index (κ2) is 4.81. The lowest BCUT2D eigenvalue weighted by atomic mass is 9.90. The molecule has 1 aliphatic rings. The first kappa shape index (κ1) is 13.2. The Hall–Kier alpha value is -1.22. The van der Waals surface area contributed by atoms with Crippen molar-refractivity contribution >= 4 is 17.6 Å². The molecular formula is C14H17ClO3. The molecule has 0 unspecified atom stereocenters. The Labute approximate surface area is 112 Å². The molecule has 18 heavy (non-hydrogen) atoms. The number of carboxylic acids is 1. The number of aryl methyl sites for hydroxylation is 1. The zero-order chi connectivity index (χ0) is 13.3. The Morgan fingerprint density at radius 1 is 1.50 bits per heavy atom. The summed E-state index contributed by atoms with van der Waals surface area (Å²) in [6.07, 6.45) is 2.80. The largest absolute Gasteiger partial charge is 0.495 e. The van der Waals surface area contributed by atoms with Crippen LogP contribution in [0.25, 0.3) is 0 Å². The van der Waals surface area contributed by atoms with Gasteiger partial charge in [0.2, 0.25) is 0 Å². The fraction of sp³-hybridized carbons (Fsp3) is 0.500. The molecular weight excluding hydrogens is 252 g/mol. The molecule has 3 nitrogen and oxygen atoms in total. The van der Waals surface area contributed by atoms with E-state index in [4.69, 9.17) is 21.4 Å². The van der Waals surface area contributed by atoms with Crippen molar-refractivity contribution in [2.75, 3.05) is 7.11 Å². The first-order valence-corrected chi connectivity index (χ1v) is 6.49. The fourth-order valence-electron chi connectivity index (χ4n) is 2.44. The standard InChI is InChI=1S/C14H17ClO3/c1-3-9-6-10(13(18-2)11(15)7-9)14(4-5-14)8-12(16)17/h6-7H,3-5,8H2,1-2H3,(H,16,17). The van der Waals surface area contributed by atoms with Crippen LogP contribution in [0.3, 0.4) is 0 Å². The van der Waals surface area contributed by atoms with Crippen LogP contribution >= 0.6 is 11.6 Å². The summed E-state index contributed by atoms with van der Waals surface area (Å²) in [7, 11) is 1.58. The van der Waals surface area contributed by atoms with Gasteiger partial charge in [-0.2, -0.15) is 0 Å². The van der Waals surface area contributed by atoms with E-state index in [0.29, 0.717) is 10.8 Å². The molecule has 0 atom stereocenters. The number of aliphatic carboxylic acids is 1. The van der Waals surface area contributed by atoms with Gasteiger partial charge in [0.05, 0.1) is 18.6 Å². The van der Waals surface area contributed by atoms with Crippen LogP contribution in [-0.2, 0) is 16.6 Å². The summed E-state index contributed by atoms with van der Waals surface area (Å²) < 4.78 is 5.36. The van der Waals surface area contributed by atoms with Crippen molar-refractivity contribution in [1.29, 1.82) is 0 Å². The molecule has 1 aromatic carbocycles. The van der Waals surface area contributed by atoms with Crippen LogP contribution in [0.15, 0.2) is 12.1 Å². The monoisotopic (exact) mass is 268 g/mol. The third kappa shape index (κ3) is 2.32. The zero-order valence-electron chi connectivity index (χ0n) is 10.6. The normalized spacial score (nSPS) is 16.4. The van der Waals surface area contributed by atoms with Gasteiger partial charge in [0.15, 0.2) is 0 Å². The van der Waals surface area contributed by atoms with Crippen molar-refractivity contribution in [3.63, 3.8) is 0 Å². The average molecular weight is 269 g/mol. The second-order valence-electron chi connectivity index (χ2n) is 4.86. The molecule has 1 N–H and O–H groups in total. The van der Waals surface area contributed by atoms with Gasteiger partial charge in [-0.1, -0.05) is 24.6 Å². The molecule has 1 aromatic rings. The summed E-state index contributed by atoms with van der Waals surface area (Å²) in [6, 6.07) is 3.93. The summed E-state index contributed by atoms with van der Waals surface area (Å²) in [4.78, 5) is 11.0. The molecule has 0 aliphatic heterocycles. The maximum Gasteiger partial charge on any atom is 0.304 e. The summed E-state index contributed by atoms with van der Waals surface area (Å²) in [5, 5.41) is 9.61. The molecule has 0 heterocycles. The van der Waals surface area contributed by atoms with Crippen molar-refractivity contribution in [3.05, 3.63) is 28.3 Å². The van der Waals surface area contributed by atoms with Crippen LogP contribution in [0.2, 0.25) is 5.02 Å². The predicted molar refractivity (Wildman–Crippen MR) is 70.5 cm³/mol. The first-order chi connectivity index (χ1) is 8.52. The van der Waals surface area contributed by atoms with Crippen molar-refractivity contribution in [3.8, 4) is 5.75 Å². The van der Waals surface area contributed by atoms with Crippen LogP contribution in [0.4, 0.5) is 0 Å². The van der Waals surface area contributed by atoms with Crippen molar-refractivity contribution in [2.24, 2.45) is 0 Å². The van der Waals surface area contributed by atoms with Crippen LogP contribution in [0, 0.1) is 0 Å². The summed E-state index contributed by atoms with van der Waals surface area (Å²) >= 11 is 6.21. The predicted octanol–water partition coefficient (Wildman–Crippen LogP) is 3.42.